The predicted octanol–water partition coefficient (Wildman–Crippen LogP) is 4.83. The third-order valence-electron chi connectivity index (χ3n) is 4.88. The van der Waals surface area contributed by atoms with Gasteiger partial charge in [0, 0.05) is 18.2 Å². The second-order valence-electron chi connectivity index (χ2n) is 7.77. The molecule has 1 atom stereocenters. The fraction of sp³-hybridized carbons (Fsp3) is 0.375. The van der Waals surface area contributed by atoms with Gasteiger partial charge in [0.2, 0.25) is 5.91 Å². The summed E-state index contributed by atoms with van der Waals surface area (Å²) in [7, 11) is 0. The maximum Gasteiger partial charge on any atom is 0.262 e. The average Bonchev–Trinajstić information content (AvgIpc) is 2.77. The zero-order valence-electron chi connectivity index (χ0n) is 18.5. The molecule has 1 aromatic heterocycles. The molecule has 0 radical (unpaired) electrons. The molecule has 3 rings (SSSR count). The van der Waals surface area contributed by atoms with Crippen molar-refractivity contribution in [3.8, 4) is 0 Å². The first-order chi connectivity index (χ1) is 15.3. The lowest BCUT2D eigenvalue weighted by molar-refractivity contribution is -0.119. The van der Waals surface area contributed by atoms with E-state index >= 15 is 0 Å². The highest BCUT2D eigenvalue weighted by Gasteiger charge is 2.15. The molecule has 6 nitrogen and oxygen atoms in total. The maximum absolute atomic E-state index is 13.1. The van der Waals surface area contributed by atoms with Crippen molar-refractivity contribution in [3.05, 3.63) is 69.5 Å². The minimum absolute atomic E-state index is 0.0995. The summed E-state index contributed by atoms with van der Waals surface area (Å²) in [6.07, 6.45) is 0.826. The summed E-state index contributed by atoms with van der Waals surface area (Å²) in [5.74, 6) is 0.0279. The van der Waals surface area contributed by atoms with Crippen LogP contribution in [0.2, 0.25) is 5.02 Å². The van der Waals surface area contributed by atoms with Crippen LogP contribution in [-0.4, -0.2) is 33.9 Å². The third kappa shape index (κ3) is 6.58. The Hall–Kier alpha value is -2.35. The number of carbonyl (C=O) groups is 1. The molecule has 0 aliphatic rings. The van der Waals surface area contributed by atoms with E-state index in [9.17, 15) is 9.59 Å². The minimum Gasteiger partial charge on any atom is -0.379 e. The molecule has 3 aromatic rings. The first kappa shape index (κ1) is 24.3. The van der Waals surface area contributed by atoms with E-state index in [4.69, 9.17) is 16.3 Å². The van der Waals surface area contributed by atoms with Gasteiger partial charge in [-0.1, -0.05) is 47.6 Å². The monoisotopic (exact) mass is 473 g/mol. The van der Waals surface area contributed by atoms with Crippen molar-refractivity contribution in [2.45, 2.75) is 51.0 Å². The van der Waals surface area contributed by atoms with E-state index in [0.717, 1.165) is 5.56 Å². The number of halogens is 1. The van der Waals surface area contributed by atoms with Crippen LogP contribution in [0.3, 0.4) is 0 Å². The highest BCUT2D eigenvalue weighted by atomic mass is 35.5. The summed E-state index contributed by atoms with van der Waals surface area (Å²) in [6.45, 7) is 6.92. The van der Waals surface area contributed by atoms with Gasteiger partial charge in [0.05, 0.1) is 28.8 Å². The van der Waals surface area contributed by atoms with Gasteiger partial charge in [0.25, 0.3) is 5.56 Å². The largest absolute Gasteiger partial charge is 0.379 e. The molecule has 0 bridgehead atoms. The number of para-hydroxylation sites is 1. The Morgan fingerprint density at radius 1 is 1.16 bits per heavy atom. The van der Waals surface area contributed by atoms with E-state index in [0.29, 0.717) is 40.7 Å². The summed E-state index contributed by atoms with van der Waals surface area (Å²) in [5, 5.41) is 4.74. The summed E-state index contributed by atoms with van der Waals surface area (Å²) in [4.78, 5) is 30.3. The first-order valence-electron chi connectivity index (χ1n) is 10.6. The number of carbonyl (C=O) groups excluding carboxylic acids is 1. The summed E-state index contributed by atoms with van der Waals surface area (Å²) in [5.41, 5.74) is 1.50. The Morgan fingerprint density at radius 2 is 1.88 bits per heavy atom. The van der Waals surface area contributed by atoms with Crippen LogP contribution in [0.25, 0.3) is 10.9 Å². The molecular formula is C24H28ClN3O3S. The van der Waals surface area contributed by atoms with Crippen molar-refractivity contribution in [1.29, 1.82) is 0 Å². The molecule has 8 heteroatoms. The molecule has 0 fully saturated rings. The second kappa shape index (κ2) is 11.5. The van der Waals surface area contributed by atoms with Gasteiger partial charge in [0.1, 0.15) is 0 Å². The molecule has 32 heavy (non-hydrogen) atoms. The number of nitrogens with one attached hydrogen (secondary N) is 1. The van der Waals surface area contributed by atoms with E-state index in [2.05, 4.69) is 10.3 Å². The van der Waals surface area contributed by atoms with Gasteiger partial charge < -0.3 is 10.1 Å². The highest BCUT2D eigenvalue weighted by Crippen LogP contribution is 2.20. The van der Waals surface area contributed by atoms with Crippen LogP contribution in [0.4, 0.5) is 0 Å². The fourth-order valence-electron chi connectivity index (χ4n) is 3.24. The standard InChI is InChI=1S/C24H28ClN3O3S/c1-16(2)31-14-6-13-28-23(30)20-7-4-5-8-21(20)27-24(28)32-15-22(29)26-17(3)18-9-11-19(25)12-10-18/h4-5,7-12,16-17H,6,13-15H2,1-3H3,(H,26,29). The Bertz CT molecular complexity index is 1120. The van der Waals surface area contributed by atoms with Crippen LogP contribution in [0.5, 0.6) is 0 Å². The van der Waals surface area contributed by atoms with Crippen molar-refractivity contribution < 1.29 is 9.53 Å². The molecule has 0 aliphatic carbocycles. The number of fused-ring (bicyclic) bond motifs is 1. The van der Waals surface area contributed by atoms with Gasteiger partial charge in [-0.05, 0) is 57.0 Å². The highest BCUT2D eigenvalue weighted by molar-refractivity contribution is 7.99. The molecular weight excluding hydrogens is 446 g/mol. The number of amides is 1. The molecule has 2 aromatic carbocycles. The second-order valence-corrected chi connectivity index (χ2v) is 9.15. The first-order valence-corrected chi connectivity index (χ1v) is 12.0. The van der Waals surface area contributed by atoms with Crippen molar-refractivity contribution in [1.82, 2.24) is 14.9 Å². The molecule has 0 aliphatic heterocycles. The number of hydrogen-bond donors (Lipinski definition) is 1. The quantitative estimate of drug-likeness (QED) is 0.259. The summed E-state index contributed by atoms with van der Waals surface area (Å²) in [6, 6.07) is 14.5. The molecule has 1 amide bonds. The van der Waals surface area contributed by atoms with Gasteiger partial charge in [-0.25, -0.2) is 4.98 Å². The zero-order valence-corrected chi connectivity index (χ0v) is 20.1. The Labute approximate surface area is 197 Å². The van der Waals surface area contributed by atoms with E-state index in [-0.39, 0.29) is 29.4 Å². The number of benzene rings is 2. The topological polar surface area (TPSA) is 73.2 Å². The number of nitrogens with zero attached hydrogens (tertiary/aromatic N) is 2. The molecule has 0 saturated carbocycles. The number of thioether (sulfide) groups is 1. The lowest BCUT2D eigenvalue weighted by atomic mass is 10.1. The average molecular weight is 474 g/mol. The van der Waals surface area contributed by atoms with E-state index in [1.807, 2.05) is 51.1 Å². The number of aromatic nitrogens is 2. The Morgan fingerprint density at radius 3 is 2.59 bits per heavy atom. The third-order valence-corrected chi connectivity index (χ3v) is 6.11. The number of rotatable bonds is 10. The molecule has 0 spiro atoms. The smallest absolute Gasteiger partial charge is 0.262 e. The summed E-state index contributed by atoms with van der Waals surface area (Å²) >= 11 is 7.20. The molecule has 170 valence electrons. The van der Waals surface area contributed by atoms with E-state index < -0.39 is 0 Å². The van der Waals surface area contributed by atoms with Gasteiger partial charge >= 0.3 is 0 Å². The van der Waals surface area contributed by atoms with E-state index in [1.54, 1.807) is 22.8 Å². The van der Waals surface area contributed by atoms with Gasteiger partial charge in [-0.15, -0.1) is 0 Å². The van der Waals surface area contributed by atoms with Crippen molar-refractivity contribution in [2.75, 3.05) is 12.4 Å². The summed E-state index contributed by atoms with van der Waals surface area (Å²) < 4.78 is 7.25. The number of ether oxygens (including phenoxy) is 1. The molecule has 0 saturated heterocycles. The van der Waals surface area contributed by atoms with Gasteiger partial charge in [-0.2, -0.15) is 0 Å². The molecule has 1 unspecified atom stereocenters. The van der Waals surface area contributed by atoms with Crippen LogP contribution in [0, 0.1) is 0 Å². The lowest BCUT2D eigenvalue weighted by Gasteiger charge is -2.16. The predicted molar refractivity (Wildman–Crippen MR) is 130 cm³/mol. The zero-order chi connectivity index (χ0) is 23.1. The molecule has 1 heterocycles. The normalized spacial score (nSPS) is 12.3. The van der Waals surface area contributed by atoms with Crippen LogP contribution < -0.4 is 10.9 Å². The van der Waals surface area contributed by atoms with Gasteiger partial charge in [-0.3, -0.25) is 14.2 Å². The van der Waals surface area contributed by atoms with Crippen molar-refractivity contribution in [2.24, 2.45) is 0 Å². The van der Waals surface area contributed by atoms with Crippen LogP contribution >= 0.6 is 23.4 Å². The minimum atomic E-state index is -0.152. The van der Waals surface area contributed by atoms with Crippen LogP contribution in [-0.2, 0) is 16.1 Å². The molecule has 1 N–H and O–H groups in total. The van der Waals surface area contributed by atoms with Crippen LogP contribution in [0.15, 0.2) is 58.5 Å². The van der Waals surface area contributed by atoms with E-state index in [1.165, 1.54) is 11.8 Å². The number of hydrogen-bond acceptors (Lipinski definition) is 5. The lowest BCUT2D eigenvalue weighted by Crippen LogP contribution is -2.29. The Kier molecular flexibility index (Phi) is 8.73. The maximum atomic E-state index is 13.1. The SMILES string of the molecule is CC(C)OCCCn1c(SCC(=O)NC(C)c2ccc(Cl)cc2)nc2ccccc2c1=O. The Balaban J connectivity index is 1.71. The van der Waals surface area contributed by atoms with Crippen molar-refractivity contribution >= 4 is 40.2 Å². The van der Waals surface area contributed by atoms with Crippen molar-refractivity contribution in [3.63, 3.8) is 0 Å². The fourth-order valence-corrected chi connectivity index (χ4v) is 4.21. The van der Waals surface area contributed by atoms with Gasteiger partial charge in [0.15, 0.2) is 5.16 Å². The van der Waals surface area contributed by atoms with Crippen LogP contribution in [0.1, 0.15) is 38.8 Å².